The third-order valence-corrected chi connectivity index (χ3v) is 6.04. The topological polar surface area (TPSA) is 114 Å². The fourth-order valence-electron chi connectivity index (χ4n) is 4.49. The van der Waals surface area contributed by atoms with Crippen molar-refractivity contribution in [3.63, 3.8) is 0 Å². The summed E-state index contributed by atoms with van der Waals surface area (Å²) in [5.74, 6) is -1.44. The van der Waals surface area contributed by atoms with Crippen LogP contribution in [0.5, 0.6) is 0 Å². The Balaban J connectivity index is 2.16. The lowest BCUT2D eigenvalue weighted by atomic mass is 9.52. The first kappa shape index (κ1) is 15.8. The molecule has 0 aromatic carbocycles. The number of nitrogens with one attached hydrogen (secondary N) is 1. The van der Waals surface area contributed by atoms with Gasteiger partial charge < -0.3 is 9.47 Å². The SMILES string of the molecule is CC(C)(C)C1CCC23OCC(C#N)(C#N)C(C#N)(C(=N)O2)C3C1. The van der Waals surface area contributed by atoms with Gasteiger partial charge in [0.1, 0.15) is 0 Å². The van der Waals surface area contributed by atoms with E-state index in [1.54, 1.807) is 0 Å². The van der Waals surface area contributed by atoms with Crippen LogP contribution in [0.2, 0.25) is 0 Å². The number of rotatable bonds is 0. The van der Waals surface area contributed by atoms with Crippen molar-refractivity contribution >= 4 is 5.90 Å². The molecule has 23 heavy (non-hydrogen) atoms. The summed E-state index contributed by atoms with van der Waals surface area (Å²) in [5.41, 5.74) is -3.19. The molecule has 0 aromatic heterocycles. The molecule has 2 heterocycles. The molecule has 6 nitrogen and oxygen atoms in total. The molecule has 0 spiro atoms. The van der Waals surface area contributed by atoms with E-state index in [0.29, 0.717) is 18.8 Å². The van der Waals surface area contributed by atoms with Crippen LogP contribution >= 0.6 is 0 Å². The van der Waals surface area contributed by atoms with Crippen LogP contribution in [0.1, 0.15) is 40.0 Å². The highest BCUT2D eigenvalue weighted by Crippen LogP contribution is 2.65. The summed E-state index contributed by atoms with van der Waals surface area (Å²) < 4.78 is 11.6. The fraction of sp³-hybridized carbons (Fsp3) is 0.765. The van der Waals surface area contributed by atoms with Gasteiger partial charge in [0.25, 0.3) is 0 Å². The largest absolute Gasteiger partial charge is 0.447 e. The molecule has 0 radical (unpaired) electrons. The Kier molecular flexibility index (Phi) is 3.06. The second-order valence-electron chi connectivity index (χ2n) is 7.97. The van der Waals surface area contributed by atoms with E-state index >= 15 is 0 Å². The molecule has 120 valence electrons. The van der Waals surface area contributed by atoms with Crippen molar-refractivity contribution in [2.24, 2.45) is 28.1 Å². The van der Waals surface area contributed by atoms with E-state index in [1.165, 1.54) is 0 Å². The highest BCUT2D eigenvalue weighted by Gasteiger charge is 2.78. The number of nitrogens with zero attached hydrogens (tertiary/aromatic N) is 3. The smallest absolute Gasteiger partial charge is 0.217 e. The van der Waals surface area contributed by atoms with Crippen LogP contribution in [0.15, 0.2) is 0 Å². The first-order valence-corrected chi connectivity index (χ1v) is 7.87. The number of nitriles is 3. The van der Waals surface area contributed by atoms with E-state index in [4.69, 9.17) is 14.9 Å². The van der Waals surface area contributed by atoms with Crippen molar-refractivity contribution in [1.29, 1.82) is 21.2 Å². The molecule has 2 bridgehead atoms. The average molecular weight is 312 g/mol. The van der Waals surface area contributed by atoms with E-state index in [1.807, 2.05) is 12.1 Å². The fourth-order valence-corrected chi connectivity index (χ4v) is 4.49. The molecule has 3 rings (SSSR count). The summed E-state index contributed by atoms with van der Waals surface area (Å²) in [6.45, 7) is 6.25. The van der Waals surface area contributed by atoms with Gasteiger partial charge in [0, 0.05) is 6.42 Å². The van der Waals surface area contributed by atoms with Crippen molar-refractivity contribution in [3.8, 4) is 18.2 Å². The van der Waals surface area contributed by atoms with E-state index in [9.17, 15) is 15.8 Å². The summed E-state index contributed by atoms with van der Waals surface area (Å²) in [6.07, 6.45) is 2.07. The van der Waals surface area contributed by atoms with Gasteiger partial charge in [0.05, 0.1) is 30.7 Å². The second kappa shape index (κ2) is 4.47. The van der Waals surface area contributed by atoms with Gasteiger partial charge in [-0.25, -0.2) is 0 Å². The molecular weight excluding hydrogens is 292 g/mol. The Morgan fingerprint density at radius 3 is 2.35 bits per heavy atom. The van der Waals surface area contributed by atoms with E-state index in [2.05, 4.69) is 26.8 Å². The Morgan fingerprint density at radius 1 is 1.17 bits per heavy atom. The van der Waals surface area contributed by atoms with Gasteiger partial charge in [-0.05, 0) is 24.2 Å². The minimum absolute atomic E-state index is 0.0410. The van der Waals surface area contributed by atoms with Gasteiger partial charge >= 0.3 is 0 Å². The lowest BCUT2D eigenvalue weighted by Gasteiger charge is -2.51. The van der Waals surface area contributed by atoms with Crippen LogP contribution in [0.3, 0.4) is 0 Å². The average Bonchev–Trinajstić information content (AvgIpc) is 2.71. The summed E-state index contributed by atoms with van der Waals surface area (Å²) in [6, 6.07) is 6.08. The highest BCUT2D eigenvalue weighted by atomic mass is 16.7. The first-order chi connectivity index (χ1) is 10.7. The molecule has 1 aliphatic carbocycles. The zero-order valence-corrected chi connectivity index (χ0v) is 13.6. The Labute approximate surface area is 136 Å². The molecule has 3 fully saturated rings. The van der Waals surface area contributed by atoms with Gasteiger partial charge in [0.2, 0.25) is 11.7 Å². The van der Waals surface area contributed by atoms with Gasteiger partial charge in [-0.2, -0.15) is 15.8 Å². The molecule has 4 unspecified atom stereocenters. The molecule has 6 heteroatoms. The summed E-state index contributed by atoms with van der Waals surface area (Å²) in [7, 11) is 0. The highest BCUT2D eigenvalue weighted by molar-refractivity contribution is 5.89. The number of hydrogen-bond acceptors (Lipinski definition) is 6. The predicted octanol–water partition coefficient (Wildman–Crippen LogP) is 2.73. The van der Waals surface area contributed by atoms with Crippen molar-refractivity contribution in [3.05, 3.63) is 0 Å². The summed E-state index contributed by atoms with van der Waals surface area (Å²) in [4.78, 5) is 0. The number of hydrogen-bond donors (Lipinski definition) is 1. The third-order valence-electron chi connectivity index (χ3n) is 6.04. The lowest BCUT2D eigenvalue weighted by Crippen LogP contribution is -2.60. The van der Waals surface area contributed by atoms with Gasteiger partial charge in [0.15, 0.2) is 10.8 Å². The maximum atomic E-state index is 9.93. The minimum atomic E-state index is -1.69. The molecule has 2 aliphatic heterocycles. The Morgan fingerprint density at radius 2 is 1.83 bits per heavy atom. The van der Waals surface area contributed by atoms with Crippen LogP contribution in [-0.2, 0) is 9.47 Å². The van der Waals surface area contributed by atoms with Gasteiger partial charge in [-0.1, -0.05) is 20.8 Å². The van der Waals surface area contributed by atoms with Crippen molar-refractivity contribution < 1.29 is 9.47 Å². The van der Waals surface area contributed by atoms with Crippen LogP contribution in [0.25, 0.3) is 0 Å². The zero-order valence-electron chi connectivity index (χ0n) is 13.6. The molecule has 0 aromatic rings. The summed E-state index contributed by atoms with van der Waals surface area (Å²) in [5, 5.41) is 37.5. The lowest BCUT2D eigenvalue weighted by molar-refractivity contribution is -0.269. The van der Waals surface area contributed by atoms with Gasteiger partial charge in [-0.15, -0.1) is 0 Å². The van der Waals surface area contributed by atoms with Crippen LogP contribution in [0, 0.1) is 67.5 Å². The van der Waals surface area contributed by atoms with E-state index in [0.717, 1.165) is 6.42 Å². The maximum absolute atomic E-state index is 9.93. The molecular formula is C17H20N4O2. The molecule has 2 saturated heterocycles. The molecule has 0 amide bonds. The standard InChI is InChI=1S/C17H20N4O2/c1-14(2,3)11-4-5-17-12(6-11)16(9-20,13(21)23-17)15(7-18,8-19)10-22-17/h11-12,21H,4-6,10H2,1-3H3. The van der Waals surface area contributed by atoms with Crippen LogP contribution in [-0.4, -0.2) is 18.3 Å². The normalized spacial score (nSPS) is 41.0. The van der Waals surface area contributed by atoms with Crippen molar-refractivity contribution in [2.45, 2.75) is 45.8 Å². The monoisotopic (exact) mass is 312 g/mol. The molecule has 1 saturated carbocycles. The van der Waals surface area contributed by atoms with Crippen LogP contribution < -0.4 is 0 Å². The van der Waals surface area contributed by atoms with E-state index in [-0.39, 0.29) is 17.9 Å². The third kappa shape index (κ3) is 1.66. The second-order valence-corrected chi connectivity index (χ2v) is 7.97. The summed E-state index contributed by atoms with van der Waals surface area (Å²) >= 11 is 0. The van der Waals surface area contributed by atoms with Crippen LogP contribution in [0.4, 0.5) is 0 Å². The van der Waals surface area contributed by atoms with Crippen molar-refractivity contribution in [1.82, 2.24) is 0 Å². The molecule has 1 N–H and O–H groups in total. The first-order valence-electron chi connectivity index (χ1n) is 7.87. The Hall–Kier alpha value is -2.10. The number of ether oxygens (including phenoxy) is 2. The molecule has 3 aliphatic rings. The maximum Gasteiger partial charge on any atom is 0.217 e. The van der Waals surface area contributed by atoms with E-state index < -0.39 is 22.5 Å². The molecule has 4 atom stereocenters. The zero-order chi connectivity index (χ0) is 17.1. The van der Waals surface area contributed by atoms with Gasteiger partial charge in [-0.3, -0.25) is 5.41 Å². The minimum Gasteiger partial charge on any atom is -0.447 e. The van der Waals surface area contributed by atoms with Crippen molar-refractivity contribution in [2.75, 3.05) is 6.61 Å². The quantitative estimate of drug-likeness (QED) is 0.738. The Bertz CT molecular complexity index is 675. The predicted molar refractivity (Wildman–Crippen MR) is 79.5 cm³/mol.